The number of nitrogens with two attached hydrogens (primary N) is 1. The molecule has 1 unspecified atom stereocenters. The molecule has 128 valence electrons. The molecule has 0 aliphatic heterocycles. The van der Waals surface area contributed by atoms with Crippen LogP contribution in [-0.4, -0.2) is 36.3 Å². The molecule has 0 spiro atoms. The van der Waals surface area contributed by atoms with Crippen LogP contribution in [0.2, 0.25) is 0 Å². The van der Waals surface area contributed by atoms with E-state index in [0.717, 1.165) is 6.07 Å². The SMILES string of the molecule is CCN(CC(=O)Nc1ccccc1C(F)(F)F)C(=O)C(C)CN. The summed E-state index contributed by atoms with van der Waals surface area (Å²) in [5.74, 6) is -1.46. The summed E-state index contributed by atoms with van der Waals surface area (Å²) >= 11 is 0. The maximum atomic E-state index is 12.9. The number of amides is 2. The first-order chi connectivity index (χ1) is 10.7. The Bertz CT molecular complexity index is 561. The van der Waals surface area contributed by atoms with E-state index in [9.17, 15) is 22.8 Å². The van der Waals surface area contributed by atoms with Crippen LogP contribution in [0.1, 0.15) is 19.4 Å². The van der Waals surface area contributed by atoms with Gasteiger partial charge in [-0.25, -0.2) is 0 Å². The molecule has 0 heterocycles. The second kappa shape index (κ2) is 7.96. The number of rotatable bonds is 6. The van der Waals surface area contributed by atoms with Gasteiger partial charge in [0, 0.05) is 19.0 Å². The zero-order valence-corrected chi connectivity index (χ0v) is 13.0. The molecule has 1 aromatic rings. The van der Waals surface area contributed by atoms with Crippen LogP contribution in [0, 0.1) is 5.92 Å². The van der Waals surface area contributed by atoms with E-state index in [-0.39, 0.29) is 31.2 Å². The highest BCUT2D eigenvalue weighted by molar-refractivity contribution is 5.95. The van der Waals surface area contributed by atoms with Crippen LogP contribution in [0.4, 0.5) is 18.9 Å². The molecule has 0 aliphatic rings. The number of carbonyl (C=O) groups excluding carboxylic acids is 2. The predicted octanol–water partition coefficient (Wildman–Crippen LogP) is 2.09. The van der Waals surface area contributed by atoms with Gasteiger partial charge in [-0.05, 0) is 19.1 Å². The third-order valence-corrected chi connectivity index (χ3v) is 3.31. The summed E-state index contributed by atoms with van der Waals surface area (Å²) in [5.41, 5.74) is 4.15. The summed E-state index contributed by atoms with van der Waals surface area (Å²) in [6, 6.07) is 4.68. The molecule has 1 aromatic carbocycles. The van der Waals surface area contributed by atoms with Crippen LogP contribution in [0.15, 0.2) is 24.3 Å². The minimum atomic E-state index is -4.57. The lowest BCUT2D eigenvalue weighted by Crippen LogP contribution is -2.42. The highest BCUT2D eigenvalue weighted by atomic mass is 19.4. The van der Waals surface area contributed by atoms with Crippen molar-refractivity contribution in [2.45, 2.75) is 20.0 Å². The van der Waals surface area contributed by atoms with E-state index in [2.05, 4.69) is 5.32 Å². The van der Waals surface area contributed by atoms with E-state index in [1.165, 1.54) is 23.1 Å². The van der Waals surface area contributed by atoms with E-state index in [1.807, 2.05) is 0 Å². The maximum Gasteiger partial charge on any atom is 0.418 e. The molecule has 2 amide bonds. The van der Waals surface area contributed by atoms with E-state index in [1.54, 1.807) is 13.8 Å². The van der Waals surface area contributed by atoms with Crippen LogP contribution < -0.4 is 11.1 Å². The summed E-state index contributed by atoms with van der Waals surface area (Å²) in [6.07, 6.45) is -4.57. The molecular weight excluding hydrogens is 311 g/mol. The van der Waals surface area contributed by atoms with Crippen molar-refractivity contribution in [3.63, 3.8) is 0 Å². The average Bonchev–Trinajstić information content (AvgIpc) is 2.50. The second-order valence-corrected chi connectivity index (χ2v) is 5.08. The Morgan fingerprint density at radius 2 is 1.91 bits per heavy atom. The van der Waals surface area contributed by atoms with Crippen LogP contribution in [0.5, 0.6) is 0 Å². The Labute approximate surface area is 132 Å². The normalized spacial score (nSPS) is 12.6. The van der Waals surface area contributed by atoms with Gasteiger partial charge in [0.2, 0.25) is 11.8 Å². The summed E-state index contributed by atoms with van der Waals surface area (Å²) in [7, 11) is 0. The van der Waals surface area contributed by atoms with Crippen molar-refractivity contribution < 1.29 is 22.8 Å². The first kappa shape index (κ1) is 19.0. The number of alkyl halides is 3. The Hall–Kier alpha value is -2.09. The summed E-state index contributed by atoms with van der Waals surface area (Å²) < 4.78 is 38.6. The van der Waals surface area contributed by atoms with Crippen molar-refractivity contribution in [1.82, 2.24) is 4.90 Å². The third kappa shape index (κ3) is 5.24. The minimum absolute atomic E-state index is 0.133. The Morgan fingerprint density at radius 3 is 2.43 bits per heavy atom. The molecule has 0 saturated carbocycles. The van der Waals surface area contributed by atoms with Gasteiger partial charge in [0.25, 0.3) is 0 Å². The van der Waals surface area contributed by atoms with Crippen molar-refractivity contribution in [3.8, 4) is 0 Å². The molecule has 0 aliphatic carbocycles. The fourth-order valence-electron chi connectivity index (χ4n) is 1.96. The Morgan fingerprint density at radius 1 is 1.30 bits per heavy atom. The molecule has 0 radical (unpaired) electrons. The van der Waals surface area contributed by atoms with Crippen molar-refractivity contribution >= 4 is 17.5 Å². The fraction of sp³-hybridized carbons (Fsp3) is 0.467. The second-order valence-electron chi connectivity index (χ2n) is 5.08. The molecule has 23 heavy (non-hydrogen) atoms. The highest BCUT2D eigenvalue weighted by Crippen LogP contribution is 2.34. The van der Waals surface area contributed by atoms with Crippen LogP contribution in [0.3, 0.4) is 0 Å². The van der Waals surface area contributed by atoms with E-state index in [0.29, 0.717) is 0 Å². The lowest BCUT2D eigenvalue weighted by atomic mass is 10.1. The Kier molecular flexibility index (Phi) is 6.56. The standard InChI is InChI=1S/C15H20F3N3O2/c1-3-21(14(23)10(2)8-19)9-13(22)20-12-7-5-4-6-11(12)15(16,17)18/h4-7,10H,3,8-9,19H2,1-2H3,(H,20,22). The molecule has 0 bridgehead atoms. The number of anilines is 1. The minimum Gasteiger partial charge on any atom is -0.333 e. The van der Waals surface area contributed by atoms with Gasteiger partial charge in [0.05, 0.1) is 17.8 Å². The van der Waals surface area contributed by atoms with E-state index >= 15 is 0 Å². The molecule has 3 N–H and O–H groups in total. The number of nitrogens with one attached hydrogen (secondary N) is 1. The highest BCUT2D eigenvalue weighted by Gasteiger charge is 2.33. The van der Waals surface area contributed by atoms with Crippen LogP contribution >= 0.6 is 0 Å². The van der Waals surface area contributed by atoms with E-state index in [4.69, 9.17) is 5.73 Å². The summed E-state index contributed by atoms with van der Waals surface area (Å²) in [6.45, 7) is 3.37. The van der Waals surface area contributed by atoms with Gasteiger partial charge in [0.15, 0.2) is 0 Å². The third-order valence-electron chi connectivity index (χ3n) is 3.31. The monoisotopic (exact) mass is 331 g/mol. The van der Waals surface area contributed by atoms with Gasteiger partial charge in [-0.2, -0.15) is 13.2 Å². The molecule has 5 nitrogen and oxygen atoms in total. The van der Waals surface area contributed by atoms with E-state index < -0.39 is 23.6 Å². The van der Waals surface area contributed by atoms with Gasteiger partial charge in [0.1, 0.15) is 0 Å². The lowest BCUT2D eigenvalue weighted by molar-refractivity contribution is -0.138. The first-order valence-electron chi connectivity index (χ1n) is 7.15. The van der Waals surface area contributed by atoms with Gasteiger partial charge in [-0.15, -0.1) is 0 Å². The van der Waals surface area contributed by atoms with Crippen molar-refractivity contribution in [2.75, 3.05) is 25.0 Å². The average molecular weight is 331 g/mol. The predicted molar refractivity (Wildman–Crippen MR) is 80.5 cm³/mol. The quantitative estimate of drug-likeness (QED) is 0.838. The molecule has 0 saturated heterocycles. The van der Waals surface area contributed by atoms with Gasteiger partial charge < -0.3 is 16.0 Å². The lowest BCUT2D eigenvalue weighted by Gasteiger charge is -2.23. The number of carbonyl (C=O) groups is 2. The number of para-hydroxylation sites is 1. The Balaban J connectivity index is 2.83. The van der Waals surface area contributed by atoms with Gasteiger partial charge >= 0.3 is 6.18 Å². The van der Waals surface area contributed by atoms with Crippen LogP contribution in [0.25, 0.3) is 0 Å². The molecule has 1 rings (SSSR count). The van der Waals surface area contributed by atoms with Crippen molar-refractivity contribution in [1.29, 1.82) is 0 Å². The molecule has 0 fully saturated rings. The zero-order chi connectivity index (χ0) is 17.6. The van der Waals surface area contributed by atoms with Gasteiger partial charge in [-0.3, -0.25) is 9.59 Å². The number of hydrogen-bond acceptors (Lipinski definition) is 3. The molecular formula is C15H20F3N3O2. The molecule has 1 atom stereocenters. The topological polar surface area (TPSA) is 75.4 Å². The number of halogens is 3. The molecule has 8 heteroatoms. The number of hydrogen-bond donors (Lipinski definition) is 2. The summed E-state index contributed by atoms with van der Waals surface area (Å²) in [5, 5.41) is 2.21. The maximum absolute atomic E-state index is 12.9. The first-order valence-corrected chi connectivity index (χ1v) is 7.15. The fourth-order valence-corrected chi connectivity index (χ4v) is 1.96. The zero-order valence-electron chi connectivity index (χ0n) is 13.0. The number of likely N-dealkylation sites (N-methyl/N-ethyl adjacent to an activating group) is 1. The largest absolute Gasteiger partial charge is 0.418 e. The van der Waals surface area contributed by atoms with Gasteiger partial charge in [-0.1, -0.05) is 19.1 Å². The number of benzene rings is 1. The smallest absolute Gasteiger partial charge is 0.333 e. The van der Waals surface area contributed by atoms with Crippen molar-refractivity contribution in [3.05, 3.63) is 29.8 Å². The summed E-state index contributed by atoms with van der Waals surface area (Å²) in [4.78, 5) is 25.2. The number of nitrogens with zero attached hydrogens (tertiary/aromatic N) is 1. The molecule has 0 aromatic heterocycles. The van der Waals surface area contributed by atoms with Crippen molar-refractivity contribution in [2.24, 2.45) is 11.7 Å². The van der Waals surface area contributed by atoms with Crippen LogP contribution in [-0.2, 0) is 15.8 Å².